The molecule has 2 aliphatic heterocycles. The van der Waals surface area contributed by atoms with E-state index < -0.39 is 72.3 Å². The zero-order chi connectivity index (χ0) is 40.9. The number of hydrogen-bond donors (Lipinski definition) is 5. The summed E-state index contributed by atoms with van der Waals surface area (Å²) < 4.78 is 12.0. The Morgan fingerprint density at radius 1 is 0.930 bits per heavy atom. The smallest absolute Gasteiger partial charge is 0.319 e. The second-order valence-electron chi connectivity index (χ2n) is 15.0. The van der Waals surface area contributed by atoms with Crippen molar-refractivity contribution < 1.29 is 43.0 Å². The van der Waals surface area contributed by atoms with Crippen molar-refractivity contribution in [2.45, 2.75) is 95.0 Å². The molecule has 3 aliphatic rings. The topological polar surface area (TPSA) is 205 Å². The Morgan fingerprint density at radius 2 is 1.68 bits per heavy atom. The van der Waals surface area contributed by atoms with Crippen LogP contribution in [0.3, 0.4) is 0 Å². The first-order chi connectivity index (χ1) is 27.4. The summed E-state index contributed by atoms with van der Waals surface area (Å²) in [4.78, 5) is 97.2. The van der Waals surface area contributed by atoms with Crippen LogP contribution in [0.4, 0.5) is 10.5 Å². The fraction of sp³-hybridized carbons (Fsp3) is 0.537. The van der Waals surface area contributed by atoms with Crippen molar-refractivity contribution >= 4 is 47.0 Å². The van der Waals surface area contributed by atoms with Gasteiger partial charge in [-0.25, -0.2) is 4.79 Å². The van der Waals surface area contributed by atoms with Crippen LogP contribution >= 0.6 is 0 Å². The van der Waals surface area contributed by atoms with Gasteiger partial charge in [0, 0.05) is 45.2 Å². The minimum absolute atomic E-state index is 0.0889. The molecule has 2 aromatic carbocycles. The largest absolute Gasteiger partial charge is 0.493 e. The number of urea groups is 1. The number of carbonyl (C=O) groups is 7. The average molecular weight is 790 g/mol. The Labute approximate surface area is 333 Å². The van der Waals surface area contributed by atoms with E-state index in [1.54, 1.807) is 75.6 Å². The Morgan fingerprint density at radius 3 is 2.40 bits per heavy atom. The first-order valence-corrected chi connectivity index (χ1v) is 19.9. The number of rotatable bonds is 12. The number of anilines is 1. The molecule has 4 bridgehead atoms. The Kier molecular flexibility index (Phi) is 15.4. The molecule has 2 fully saturated rings. The van der Waals surface area contributed by atoms with E-state index in [4.69, 9.17) is 9.47 Å². The third-order valence-electron chi connectivity index (χ3n) is 10.5. The Balaban J connectivity index is 1.28. The summed E-state index contributed by atoms with van der Waals surface area (Å²) in [6.07, 6.45) is 4.98. The summed E-state index contributed by atoms with van der Waals surface area (Å²) in [7, 11) is 3.12. The van der Waals surface area contributed by atoms with E-state index in [1.165, 1.54) is 9.80 Å². The van der Waals surface area contributed by atoms with Gasteiger partial charge in [0.05, 0.1) is 31.9 Å². The number of hydrogen-bond acceptors (Lipinski definition) is 9. The highest BCUT2D eigenvalue weighted by Gasteiger charge is 2.45. The molecule has 1 aliphatic carbocycles. The second-order valence-corrected chi connectivity index (χ2v) is 15.0. The Bertz CT molecular complexity index is 1750. The first-order valence-electron chi connectivity index (χ1n) is 19.9. The summed E-state index contributed by atoms with van der Waals surface area (Å²) >= 11 is 0. The standard InChI is InChI=1S/C41H55N7O9/c1-4-13-31(36(50)38(52)42-24-33(49)45-34(39(53)47(2)3)26-14-7-5-8-15-26)44-37(51)32-23-30-25-48(32)40(54)35(27-16-9-6-10-17-27)46-41(55)43-28-18-11-19-29(22-28)56-20-12-21-57-30/h5,7-8,11,14-15,18-19,22,27,30-32,34-35H,4,6,9-10,12-13,16-17,20-21,23-25H2,1-3H3,(H,42,52)(H,44,51)(H,45,49)(H2,43,46,55)/t30-,31+,32+,34+,35+/m1/s1. The van der Waals surface area contributed by atoms with E-state index in [2.05, 4.69) is 26.6 Å². The minimum Gasteiger partial charge on any atom is -0.493 e. The Hall–Kier alpha value is -5.51. The van der Waals surface area contributed by atoms with E-state index >= 15 is 0 Å². The highest BCUT2D eigenvalue weighted by molar-refractivity contribution is 6.38. The van der Waals surface area contributed by atoms with Gasteiger partial charge in [-0.05, 0) is 42.9 Å². The minimum atomic E-state index is -1.25. The van der Waals surface area contributed by atoms with Crippen LogP contribution in [0.5, 0.6) is 5.75 Å². The SMILES string of the molecule is CCC[C@H](NC(=O)[C@@H]1C[C@@H]2CN1C(=O)[C@H](C1CCCCC1)NC(=O)Nc1cccc(c1)OCCCO2)C(=O)C(=O)NCC(=O)N[C@H](C(=O)N(C)C)c1ccccc1. The van der Waals surface area contributed by atoms with Gasteiger partial charge in [-0.1, -0.05) is 69.0 Å². The normalized spacial score (nSPS) is 21.5. The number of fused-ring (bicyclic) bond motifs is 4. The number of nitrogens with one attached hydrogen (secondary N) is 5. The van der Waals surface area contributed by atoms with E-state index in [0.29, 0.717) is 43.1 Å². The molecule has 2 heterocycles. The molecular formula is C41H55N7O9. The van der Waals surface area contributed by atoms with E-state index in [1.807, 2.05) is 0 Å². The van der Waals surface area contributed by atoms with Crippen LogP contribution < -0.4 is 31.3 Å². The highest BCUT2D eigenvalue weighted by Crippen LogP contribution is 2.30. The van der Waals surface area contributed by atoms with Gasteiger partial charge in [-0.15, -0.1) is 0 Å². The van der Waals surface area contributed by atoms with Crippen molar-refractivity contribution in [2.24, 2.45) is 5.92 Å². The van der Waals surface area contributed by atoms with Gasteiger partial charge >= 0.3 is 6.03 Å². The molecule has 5 rings (SSSR count). The maximum Gasteiger partial charge on any atom is 0.319 e. The van der Waals surface area contributed by atoms with Crippen LogP contribution in [0.2, 0.25) is 0 Å². The lowest BCUT2D eigenvalue weighted by Gasteiger charge is -2.34. The molecule has 57 heavy (non-hydrogen) atoms. The third-order valence-corrected chi connectivity index (χ3v) is 10.5. The monoisotopic (exact) mass is 789 g/mol. The summed E-state index contributed by atoms with van der Waals surface area (Å²) in [5.74, 6) is -3.76. The van der Waals surface area contributed by atoms with Crippen LogP contribution in [0.15, 0.2) is 54.6 Å². The fourth-order valence-electron chi connectivity index (χ4n) is 7.54. The predicted octanol–water partition coefficient (Wildman–Crippen LogP) is 2.44. The lowest BCUT2D eigenvalue weighted by molar-refractivity contribution is -0.143. The van der Waals surface area contributed by atoms with Crippen molar-refractivity contribution in [3.8, 4) is 5.75 Å². The lowest BCUT2D eigenvalue weighted by Crippen LogP contribution is -2.58. The maximum atomic E-state index is 14.5. The van der Waals surface area contributed by atoms with Gasteiger partial charge < -0.3 is 45.9 Å². The highest BCUT2D eigenvalue weighted by atomic mass is 16.5. The molecule has 0 spiro atoms. The molecule has 0 unspecified atom stereocenters. The zero-order valence-corrected chi connectivity index (χ0v) is 32.9. The summed E-state index contributed by atoms with van der Waals surface area (Å²) in [5, 5.41) is 13.4. The van der Waals surface area contributed by atoms with E-state index in [-0.39, 0.29) is 31.2 Å². The fourth-order valence-corrected chi connectivity index (χ4v) is 7.54. The lowest BCUT2D eigenvalue weighted by atomic mass is 9.83. The van der Waals surface area contributed by atoms with Crippen molar-refractivity contribution in [2.75, 3.05) is 45.7 Å². The molecule has 16 heteroatoms. The van der Waals surface area contributed by atoms with Crippen LogP contribution in [0.1, 0.15) is 76.3 Å². The van der Waals surface area contributed by atoms with Gasteiger partial charge in [0.1, 0.15) is 23.9 Å². The number of carbonyl (C=O) groups excluding carboxylic acids is 7. The summed E-state index contributed by atoms with van der Waals surface area (Å²) in [5.41, 5.74) is 1.04. The number of ketones is 1. The van der Waals surface area contributed by atoms with E-state index in [0.717, 1.165) is 32.1 Å². The van der Waals surface area contributed by atoms with Crippen LogP contribution in [0, 0.1) is 5.92 Å². The van der Waals surface area contributed by atoms with Gasteiger partial charge in [0.2, 0.25) is 29.4 Å². The van der Waals surface area contributed by atoms with Crippen LogP contribution in [-0.2, 0) is 33.5 Å². The van der Waals surface area contributed by atoms with Crippen molar-refractivity contribution in [1.29, 1.82) is 0 Å². The van der Waals surface area contributed by atoms with Crippen molar-refractivity contribution in [1.82, 2.24) is 31.1 Å². The number of nitrogens with zero attached hydrogens (tertiary/aromatic N) is 2. The number of ether oxygens (including phenoxy) is 2. The van der Waals surface area contributed by atoms with Crippen LogP contribution in [0.25, 0.3) is 0 Å². The molecule has 2 aromatic rings. The molecule has 0 aromatic heterocycles. The summed E-state index contributed by atoms with van der Waals surface area (Å²) in [6, 6.07) is 10.8. The number of Topliss-reactive ketones (excluding diaryl/α,β-unsaturated/α-hetero) is 1. The third kappa shape index (κ3) is 11.8. The molecule has 308 valence electrons. The van der Waals surface area contributed by atoms with Gasteiger partial charge in [-0.2, -0.15) is 0 Å². The molecule has 5 atom stereocenters. The molecule has 5 N–H and O–H groups in total. The van der Waals surface area contributed by atoms with Crippen LogP contribution in [-0.4, -0.2) is 116 Å². The quantitative estimate of drug-likeness (QED) is 0.200. The zero-order valence-electron chi connectivity index (χ0n) is 32.9. The predicted molar refractivity (Wildman–Crippen MR) is 210 cm³/mol. The summed E-state index contributed by atoms with van der Waals surface area (Å²) in [6.45, 7) is 1.93. The molecule has 0 radical (unpaired) electrons. The van der Waals surface area contributed by atoms with Crippen molar-refractivity contribution in [3.05, 3.63) is 60.2 Å². The number of amides is 7. The number of likely N-dealkylation sites (N-methyl/N-ethyl adjacent to an activating group) is 1. The van der Waals surface area contributed by atoms with Crippen molar-refractivity contribution in [3.63, 3.8) is 0 Å². The molecule has 16 nitrogen and oxygen atoms in total. The van der Waals surface area contributed by atoms with E-state index in [9.17, 15) is 33.6 Å². The average Bonchev–Trinajstić information content (AvgIpc) is 3.65. The second kappa shape index (κ2) is 20.6. The van der Waals surface area contributed by atoms with Gasteiger partial charge in [-0.3, -0.25) is 28.8 Å². The van der Waals surface area contributed by atoms with Gasteiger partial charge in [0.25, 0.3) is 5.91 Å². The molecule has 7 amide bonds. The molecule has 1 saturated heterocycles. The number of benzene rings is 2. The molecule has 1 saturated carbocycles. The molecular weight excluding hydrogens is 734 g/mol. The maximum absolute atomic E-state index is 14.5. The van der Waals surface area contributed by atoms with Gasteiger partial charge in [0.15, 0.2) is 0 Å². The first kappa shape index (κ1) is 42.6.